The summed E-state index contributed by atoms with van der Waals surface area (Å²) in [5.41, 5.74) is 0.222. The molecule has 2 heterocycles. The third-order valence-corrected chi connectivity index (χ3v) is 3.02. The lowest BCUT2D eigenvalue weighted by Crippen LogP contribution is -2.23. The predicted octanol–water partition coefficient (Wildman–Crippen LogP) is 2.34. The van der Waals surface area contributed by atoms with Crippen molar-refractivity contribution in [3.05, 3.63) is 46.3 Å². The number of benzene rings is 1. The smallest absolute Gasteiger partial charge is 0.287 e. The van der Waals surface area contributed by atoms with Gasteiger partial charge >= 0.3 is 0 Å². The maximum atomic E-state index is 11.7. The van der Waals surface area contributed by atoms with Crippen LogP contribution in [0.5, 0.6) is 0 Å². The van der Waals surface area contributed by atoms with Gasteiger partial charge in [-0.1, -0.05) is 12.1 Å². The Kier molecular flexibility index (Phi) is 5.51. The predicted molar refractivity (Wildman–Crippen MR) is 80.5 cm³/mol. The van der Waals surface area contributed by atoms with Crippen molar-refractivity contribution in [2.24, 2.45) is 0 Å². The van der Waals surface area contributed by atoms with E-state index in [9.17, 15) is 9.59 Å². The second kappa shape index (κ2) is 7.59. The highest BCUT2D eigenvalue weighted by molar-refractivity contribution is 5.93. The van der Waals surface area contributed by atoms with Crippen molar-refractivity contribution in [2.75, 3.05) is 19.8 Å². The zero-order valence-corrected chi connectivity index (χ0v) is 12.1. The van der Waals surface area contributed by atoms with Gasteiger partial charge in [0.05, 0.1) is 5.39 Å². The summed E-state index contributed by atoms with van der Waals surface area (Å²) in [6.07, 6.45) is 2.56. The quantitative estimate of drug-likeness (QED) is 0.921. The fourth-order valence-electron chi connectivity index (χ4n) is 1.97. The summed E-state index contributed by atoms with van der Waals surface area (Å²) < 4.78 is 10.3. The molecule has 112 valence electrons. The van der Waals surface area contributed by atoms with E-state index in [1.807, 2.05) is 0 Å². The summed E-state index contributed by atoms with van der Waals surface area (Å²) in [5, 5.41) is 3.06. The van der Waals surface area contributed by atoms with Crippen LogP contribution in [-0.2, 0) is 4.74 Å². The fourth-order valence-corrected chi connectivity index (χ4v) is 1.97. The van der Waals surface area contributed by atoms with Gasteiger partial charge in [-0.2, -0.15) is 0 Å². The Balaban J connectivity index is 0.000000272. The van der Waals surface area contributed by atoms with Crippen molar-refractivity contribution in [3.8, 4) is 0 Å². The minimum absolute atomic E-state index is 0.0468. The molecule has 2 aromatic rings. The first-order valence-corrected chi connectivity index (χ1v) is 7.11. The highest BCUT2D eigenvalue weighted by Gasteiger charge is 2.10. The highest BCUT2D eigenvalue weighted by atomic mass is 16.5. The summed E-state index contributed by atoms with van der Waals surface area (Å²) in [6.45, 7) is 4.30. The third kappa shape index (κ3) is 4.16. The molecule has 0 saturated carbocycles. The SMILES string of the molecule is C1CCOC1.CCNC(=O)c1cc(=O)c2ccccc2o1. The van der Waals surface area contributed by atoms with Crippen molar-refractivity contribution in [1.29, 1.82) is 0 Å². The van der Waals surface area contributed by atoms with Gasteiger partial charge in [-0.25, -0.2) is 0 Å². The Hall–Kier alpha value is -2.14. The van der Waals surface area contributed by atoms with Crippen molar-refractivity contribution < 1.29 is 13.9 Å². The van der Waals surface area contributed by atoms with Crippen LogP contribution < -0.4 is 10.7 Å². The molecule has 1 aromatic carbocycles. The number of amides is 1. The number of rotatable bonds is 2. The number of para-hydroxylation sites is 1. The number of ether oxygens (including phenoxy) is 1. The number of fused-ring (bicyclic) bond motifs is 1. The molecule has 1 aromatic heterocycles. The molecule has 3 rings (SSSR count). The van der Waals surface area contributed by atoms with Crippen LogP contribution in [0.15, 0.2) is 39.5 Å². The summed E-state index contributed by atoms with van der Waals surface area (Å²) in [5.74, 6) is -0.323. The Bertz CT molecular complexity index is 651. The molecule has 0 aliphatic carbocycles. The molecule has 0 atom stereocenters. The van der Waals surface area contributed by atoms with Crippen molar-refractivity contribution in [2.45, 2.75) is 19.8 Å². The minimum atomic E-state index is -0.370. The molecule has 1 N–H and O–H groups in total. The largest absolute Gasteiger partial charge is 0.451 e. The van der Waals surface area contributed by atoms with E-state index in [0.717, 1.165) is 13.2 Å². The van der Waals surface area contributed by atoms with E-state index in [1.54, 1.807) is 31.2 Å². The molecule has 1 saturated heterocycles. The summed E-state index contributed by atoms with van der Waals surface area (Å²) >= 11 is 0. The molecule has 1 aliphatic heterocycles. The normalized spacial score (nSPS) is 13.6. The van der Waals surface area contributed by atoms with Crippen LogP contribution in [-0.4, -0.2) is 25.7 Å². The molecule has 5 nitrogen and oxygen atoms in total. The molecule has 0 radical (unpaired) electrons. The third-order valence-electron chi connectivity index (χ3n) is 3.02. The van der Waals surface area contributed by atoms with Gasteiger partial charge in [0.1, 0.15) is 5.58 Å². The van der Waals surface area contributed by atoms with E-state index in [4.69, 9.17) is 9.15 Å². The summed E-state index contributed by atoms with van der Waals surface area (Å²) in [7, 11) is 0. The molecule has 1 aliphatic rings. The molecule has 1 fully saturated rings. The second-order valence-corrected chi connectivity index (χ2v) is 4.65. The van der Waals surface area contributed by atoms with Crippen LogP contribution in [0.1, 0.15) is 30.3 Å². The Morgan fingerprint density at radius 3 is 2.57 bits per heavy atom. The Morgan fingerprint density at radius 1 is 1.24 bits per heavy atom. The van der Waals surface area contributed by atoms with Gasteiger partial charge in [0, 0.05) is 25.8 Å². The van der Waals surface area contributed by atoms with Crippen molar-refractivity contribution in [1.82, 2.24) is 5.32 Å². The van der Waals surface area contributed by atoms with E-state index in [0.29, 0.717) is 17.5 Å². The van der Waals surface area contributed by atoms with Gasteiger partial charge in [0.25, 0.3) is 5.91 Å². The first-order valence-electron chi connectivity index (χ1n) is 7.11. The van der Waals surface area contributed by atoms with E-state index >= 15 is 0 Å². The van der Waals surface area contributed by atoms with Gasteiger partial charge in [-0.15, -0.1) is 0 Å². The lowest BCUT2D eigenvalue weighted by atomic mass is 10.2. The van der Waals surface area contributed by atoms with E-state index in [2.05, 4.69) is 5.32 Å². The van der Waals surface area contributed by atoms with Gasteiger partial charge in [0.15, 0.2) is 11.2 Å². The van der Waals surface area contributed by atoms with E-state index in [-0.39, 0.29) is 17.1 Å². The van der Waals surface area contributed by atoms with Gasteiger partial charge in [0.2, 0.25) is 0 Å². The standard InChI is InChI=1S/C12H11NO3.C4H8O/c1-2-13-12(15)11-7-9(14)8-5-3-4-6-10(8)16-11;1-2-4-5-3-1/h3-7H,2H2,1H3,(H,13,15);1-4H2. The number of nitrogens with one attached hydrogen (secondary N) is 1. The molecule has 5 heteroatoms. The van der Waals surface area contributed by atoms with Gasteiger partial charge in [-0.05, 0) is 31.9 Å². The minimum Gasteiger partial charge on any atom is -0.451 e. The first-order chi connectivity index (χ1) is 10.2. The van der Waals surface area contributed by atoms with Crippen LogP contribution >= 0.6 is 0 Å². The molecule has 0 unspecified atom stereocenters. The zero-order valence-electron chi connectivity index (χ0n) is 12.1. The second-order valence-electron chi connectivity index (χ2n) is 4.65. The lowest BCUT2D eigenvalue weighted by Gasteiger charge is -2.02. The van der Waals surface area contributed by atoms with Gasteiger partial charge < -0.3 is 14.5 Å². The average Bonchev–Trinajstić information content (AvgIpc) is 3.07. The monoisotopic (exact) mass is 289 g/mol. The van der Waals surface area contributed by atoms with Crippen LogP contribution in [0, 0.1) is 0 Å². The molecular formula is C16H19NO4. The van der Waals surface area contributed by atoms with Crippen LogP contribution in [0.2, 0.25) is 0 Å². The van der Waals surface area contributed by atoms with E-state index in [1.165, 1.54) is 18.9 Å². The summed E-state index contributed by atoms with van der Waals surface area (Å²) in [4.78, 5) is 23.2. The number of carbonyl (C=O) groups is 1. The highest BCUT2D eigenvalue weighted by Crippen LogP contribution is 2.11. The van der Waals surface area contributed by atoms with Gasteiger partial charge in [-0.3, -0.25) is 9.59 Å². The van der Waals surface area contributed by atoms with E-state index < -0.39 is 0 Å². The maximum Gasteiger partial charge on any atom is 0.287 e. The number of hydrogen-bond donors (Lipinski definition) is 1. The Morgan fingerprint density at radius 2 is 1.95 bits per heavy atom. The lowest BCUT2D eigenvalue weighted by molar-refractivity contribution is 0.0928. The fraction of sp³-hybridized carbons (Fsp3) is 0.375. The number of carbonyl (C=O) groups excluding carboxylic acids is 1. The topological polar surface area (TPSA) is 68.5 Å². The molecule has 0 bridgehead atoms. The molecule has 1 amide bonds. The first kappa shape index (κ1) is 15.3. The van der Waals surface area contributed by atoms with Crippen molar-refractivity contribution >= 4 is 16.9 Å². The Labute approximate surface area is 122 Å². The van der Waals surface area contributed by atoms with Crippen LogP contribution in [0.25, 0.3) is 11.0 Å². The van der Waals surface area contributed by atoms with Crippen molar-refractivity contribution in [3.63, 3.8) is 0 Å². The molecule has 0 spiro atoms. The van der Waals surface area contributed by atoms with Crippen LogP contribution in [0.4, 0.5) is 0 Å². The average molecular weight is 289 g/mol. The number of hydrogen-bond acceptors (Lipinski definition) is 4. The maximum absolute atomic E-state index is 11.7. The van der Waals surface area contributed by atoms with Crippen LogP contribution in [0.3, 0.4) is 0 Å². The molecular weight excluding hydrogens is 270 g/mol. The zero-order chi connectivity index (χ0) is 15.1. The molecule has 21 heavy (non-hydrogen) atoms. The summed E-state index contributed by atoms with van der Waals surface area (Å²) in [6, 6.07) is 8.06.